The minimum Gasteiger partial charge on any atom is -0.455 e. The zero-order valence-corrected chi connectivity index (χ0v) is 22.0. The van der Waals surface area contributed by atoms with Gasteiger partial charge in [0.05, 0.1) is 0 Å². The summed E-state index contributed by atoms with van der Waals surface area (Å²) in [6.07, 6.45) is -1.20. The Morgan fingerprint density at radius 2 is 1.84 bits per heavy atom. The van der Waals surface area contributed by atoms with Crippen molar-refractivity contribution in [3.8, 4) is 0 Å². The van der Waals surface area contributed by atoms with E-state index in [1.807, 2.05) is 48.7 Å². The highest BCUT2D eigenvalue weighted by Crippen LogP contribution is 2.28. The number of carbonyl (C=O) groups is 1. The van der Waals surface area contributed by atoms with E-state index in [-0.39, 0.29) is 18.6 Å². The van der Waals surface area contributed by atoms with Crippen LogP contribution < -0.4 is 4.90 Å². The monoisotopic (exact) mass is 538 g/mol. The third-order valence-corrected chi connectivity index (χ3v) is 7.59. The van der Waals surface area contributed by atoms with Crippen molar-refractivity contribution >= 4 is 23.4 Å². The molecule has 1 aromatic heterocycles. The molecule has 0 bridgehead atoms. The Hall–Kier alpha value is -2.36. The Morgan fingerprint density at radius 1 is 1.14 bits per heavy atom. The van der Waals surface area contributed by atoms with Crippen molar-refractivity contribution in [1.82, 2.24) is 14.8 Å². The summed E-state index contributed by atoms with van der Waals surface area (Å²) < 4.78 is 42.7. The summed E-state index contributed by atoms with van der Waals surface area (Å²) in [6, 6.07) is 14.5. The maximum Gasteiger partial charge on any atom is 0.490 e. The highest BCUT2D eigenvalue weighted by molar-refractivity contribution is 6.30. The van der Waals surface area contributed by atoms with Gasteiger partial charge in [0.25, 0.3) is 0 Å². The first-order valence-electron chi connectivity index (χ1n) is 12.8. The fourth-order valence-electron chi connectivity index (χ4n) is 5.49. The standard InChI is InChI=1S/C27H34ClF3N4O2/c1-19-16-35(23-10-13-33(14-11-23)25-5-3-4-12-32-25)24(15-21-6-8-22(28)9-7-21)18-34(19)17-20(2)37-26(36)27(29,30)31/h3-9,12,19-20,23-24H,10-11,13-18H2,1-2H3/t19-,20-,24-/m0/s1. The predicted octanol–water partition coefficient (Wildman–Crippen LogP) is 4.82. The van der Waals surface area contributed by atoms with Crippen LogP contribution in [0.4, 0.5) is 19.0 Å². The van der Waals surface area contributed by atoms with Gasteiger partial charge in [0.15, 0.2) is 0 Å². The third kappa shape index (κ3) is 7.36. The number of alkyl halides is 3. The van der Waals surface area contributed by atoms with Gasteiger partial charge in [-0.15, -0.1) is 0 Å². The van der Waals surface area contributed by atoms with Crippen molar-refractivity contribution in [2.75, 3.05) is 37.6 Å². The van der Waals surface area contributed by atoms with Gasteiger partial charge in [-0.05, 0) is 62.9 Å². The van der Waals surface area contributed by atoms with Crippen LogP contribution in [0.1, 0.15) is 32.3 Å². The zero-order valence-electron chi connectivity index (χ0n) is 21.2. The van der Waals surface area contributed by atoms with Crippen LogP contribution in [0.3, 0.4) is 0 Å². The fraction of sp³-hybridized carbons (Fsp3) is 0.556. The van der Waals surface area contributed by atoms with E-state index in [1.165, 1.54) is 6.92 Å². The Morgan fingerprint density at radius 3 is 2.46 bits per heavy atom. The number of ether oxygens (including phenoxy) is 1. The van der Waals surface area contributed by atoms with E-state index in [4.69, 9.17) is 11.6 Å². The van der Waals surface area contributed by atoms with Crippen LogP contribution >= 0.6 is 11.6 Å². The predicted molar refractivity (Wildman–Crippen MR) is 138 cm³/mol. The van der Waals surface area contributed by atoms with Crippen LogP contribution in [0.15, 0.2) is 48.7 Å². The Balaban J connectivity index is 1.44. The number of piperazine rings is 1. The number of nitrogens with zero attached hydrogens (tertiary/aromatic N) is 4. The number of pyridine rings is 1. The molecular weight excluding hydrogens is 505 g/mol. The molecule has 2 aliphatic heterocycles. The number of benzene rings is 1. The molecule has 1 aromatic carbocycles. The van der Waals surface area contributed by atoms with E-state index >= 15 is 0 Å². The van der Waals surface area contributed by atoms with E-state index in [2.05, 4.69) is 31.3 Å². The van der Waals surface area contributed by atoms with Crippen LogP contribution in [-0.2, 0) is 16.0 Å². The first-order chi connectivity index (χ1) is 17.6. The number of anilines is 1. The normalized spacial score (nSPS) is 23.1. The fourth-order valence-corrected chi connectivity index (χ4v) is 5.61. The number of hydrogen-bond acceptors (Lipinski definition) is 6. The molecule has 2 saturated heterocycles. The Bertz CT molecular complexity index is 1020. The van der Waals surface area contributed by atoms with E-state index in [1.54, 1.807) is 0 Å². The zero-order chi connectivity index (χ0) is 26.6. The molecule has 4 rings (SSSR count). The largest absolute Gasteiger partial charge is 0.490 e. The van der Waals surface area contributed by atoms with E-state index < -0.39 is 18.2 Å². The maximum absolute atomic E-state index is 12.7. The average molecular weight is 539 g/mol. The highest BCUT2D eigenvalue weighted by Gasteiger charge is 2.43. The number of halogens is 4. The molecular formula is C27H34ClF3N4O2. The van der Waals surface area contributed by atoms with Crippen molar-refractivity contribution in [2.24, 2.45) is 0 Å². The van der Waals surface area contributed by atoms with Crippen molar-refractivity contribution in [3.05, 3.63) is 59.2 Å². The van der Waals surface area contributed by atoms with E-state index in [0.29, 0.717) is 17.6 Å². The van der Waals surface area contributed by atoms with Crippen LogP contribution in [0.25, 0.3) is 0 Å². The topological polar surface area (TPSA) is 48.9 Å². The number of esters is 1. The van der Waals surface area contributed by atoms with Crippen molar-refractivity contribution in [2.45, 2.75) is 63.5 Å². The van der Waals surface area contributed by atoms with E-state index in [0.717, 1.165) is 50.3 Å². The third-order valence-electron chi connectivity index (χ3n) is 7.34. The van der Waals surface area contributed by atoms with Crippen molar-refractivity contribution in [3.63, 3.8) is 0 Å². The number of hydrogen-bond donors (Lipinski definition) is 0. The second-order valence-electron chi connectivity index (χ2n) is 10.1. The lowest BCUT2D eigenvalue weighted by atomic mass is 9.93. The molecule has 0 spiro atoms. The minimum atomic E-state index is -4.99. The maximum atomic E-state index is 12.7. The van der Waals surface area contributed by atoms with Crippen LogP contribution in [0.2, 0.25) is 5.02 Å². The number of aromatic nitrogens is 1. The number of piperidine rings is 1. The smallest absolute Gasteiger partial charge is 0.455 e. The van der Waals surface area contributed by atoms with E-state index in [9.17, 15) is 18.0 Å². The van der Waals surface area contributed by atoms with Crippen LogP contribution in [0, 0.1) is 0 Å². The molecule has 3 heterocycles. The Labute approximate surface area is 221 Å². The van der Waals surface area contributed by atoms with Gasteiger partial charge in [-0.3, -0.25) is 9.80 Å². The van der Waals surface area contributed by atoms with Crippen molar-refractivity contribution in [1.29, 1.82) is 0 Å². The lowest BCUT2D eigenvalue weighted by Crippen LogP contribution is -2.63. The average Bonchev–Trinajstić information content (AvgIpc) is 2.87. The van der Waals surface area contributed by atoms with Gasteiger partial charge in [0.2, 0.25) is 0 Å². The minimum absolute atomic E-state index is 0.113. The summed E-state index contributed by atoms with van der Waals surface area (Å²) in [7, 11) is 0. The lowest BCUT2D eigenvalue weighted by Gasteiger charge is -2.50. The molecule has 2 aliphatic rings. The molecule has 10 heteroatoms. The molecule has 0 unspecified atom stereocenters. The van der Waals surface area contributed by atoms with Gasteiger partial charge >= 0.3 is 12.1 Å². The molecule has 0 saturated carbocycles. The molecule has 0 aliphatic carbocycles. The van der Waals surface area contributed by atoms with Gasteiger partial charge in [-0.2, -0.15) is 13.2 Å². The molecule has 0 amide bonds. The summed E-state index contributed by atoms with van der Waals surface area (Å²) in [5.41, 5.74) is 1.16. The molecule has 37 heavy (non-hydrogen) atoms. The summed E-state index contributed by atoms with van der Waals surface area (Å²) in [5, 5.41) is 0.682. The van der Waals surface area contributed by atoms with Crippen LogP contribution in [0.5, 0.6) is 0 Å². The first-order valence-corrected chi connectivity index (χ1v) is 13.2. The summed E-state index contributed by atoms with van der Waals surface area (Å²) in [5.74, 6) is -1.14. The molecule has 2 fully saturated rings. The molecule has 3 atom stereocenters. The van der Waals surface area contributed by atoms with Gasteiger partial charge in [-0.25, -0.2) is 9.78 Å². The molecule has 0 radical (unpaired) electrons. The second kappa shape index (κ2) is 12.0. The highest BCUT2D eigenvalue weighted by atomic mass is 35.5. The summed E-state index contributed by atoms with van der Waals surface area (Å²) in [4.78, 5) is 22.9. The number of rotatable bonds is 7. The molecule has 202 valence electrons. The van der Waals surface area contributed by atoms with Crippen LogP contribution in [-0.4, -0.2) is 83.9 Å². The molecule has 6 nitrogen and oxygen atoms in total. The second-order valence-corrected chi connectivity index (χ2v) is 10.5. The molecule has 0 N–H and O–H groups in total. The quantitative estimate of drug-likeness (QED) is 0.471. The van der Waals surface area contributed by atoms with Gasteiger partial charge in [-0.1, -0.05) is 29.8 Å². The first kappa shape index (κ1) is 27.7. The van der Waals surface area contributed by atoms with Crippen molar-refractivity contribution < 1.29 is 22.7 Å². The van der Waals surface area contributed by atoms with Gasteiger partial charge < -0.3 is 9.64 Å². The number of carbonyl (C=O) groups excluding carboxylic acids is 1. The molecule has 2 aromatic rings. The summed E-state index contributed by atoms with van der Waals surface area (Å²) in [6.45, 7) is 7.19. The lowest BCUT2D eigenvalue weighted by molar-refractivity contribution is -0.205. The Kier molecular flexibility index (Phi) is 8.98. The van der Waals surface area contributed by atoms with Gasteiger partial charge in [0, 0.05) is 62.1 Å². The van der Waals surface area contributed by atoms with Gasteiger partial charge in [0.1, 0.15) is 11.9 Å². The summed E-state index contributed by atoms with van der Waals surface area (Å²) >= 11 is 6.09. The SMILES string of the molecule is C[C@@H](CN1C[C@H](Cc2ccc(Cl)cc2)N(C2CCN(c3ccccn3)CC2)C[C@@H]1C)OC(=O)C(F)(F)F.